The summed E-state index contributed by atoms with van der Waals surface area (Å²) in [4.78, 5) is 25.6. The number of unbranched alkanes of at least 4 members (excludes halogenated alkanes) is 66. The Morgan fingerprint density at radius 2 is 0.227 bits per heavy atom. The zero-order valence-corrected chi connectivity index (χ0v) is 76.6. The van der Waals surface area contributed by atoms with Crippen LogP contribution in [0.3, 0.4) is 0 Å². The van der Waals surface area contributed by atoms with E-state index in [9.17, 15) is 30.6 Å². The van der Waals surface area contributed by atoms with Crippen molar-refractivity contribution in [3.63, 3.8) is 0 Å². The summed E-state index contributed by atoms with van der Waals surface area (Å²) in [6.45, 7) is 26.8. The molecule has 0 aliphatic rings. The van der Waals surface area contributed by atoms with Crippen LogP contribution in [0.15, 0.2) is 0 Å². The van der Waals surface area contributed by atoms with E-state index >= 15 is 0 Å². The van der Waals surface area contributed by atoms with Crippen LogP contribution in [0.1, 0.15) is 504 Å². The molecule has 0 heterocycles. The number of nitrogens with zero attached hydrogens (tertiary/aromatic N) is 3. The molecule has 0 saturated carbocycles. The zero-order valence-electron chi connectivity index (χ0n) is 75.7. The Hall–Kier alpha value is -0.250. The lowest BCUT2D eigenvalue weighted by Gasteiger charge is -2.38. The van der Waals surface area contributed by atoms with Gasteiger partial charge in [-0.05, 0) is 77.0 Å². The molecule has 0 rings (SSSR count). The van der Waals surface area contributed by atoms with Gasteiger partial charge in [-0.15, -0.1) is 0 Å². The fourth-order valence-corrected chi connectivity index (χ4v) is 17.0. The molecule has 0 saturated heterocycles. The first-order valence-electron chi connectivity index (χ1n) is 49.7. The van der Waals surface area contributed by atoms with Crippen molar-refractivity contribution in [2.75, 3.05) is 118 Å². The van der Waals surface area contributed by atoms with Gasteiger partial charge in [0.15, 0.2) is 0 Å². The molecule has 0 fully saturated rings. The zero-order chi connectivity index (χ0) is 81.6. The second-order valence-corrected chi connectivity index (χ2v) is 35.7. The van der Waals surface area contributed by atoms with E-state index in [-0.39, 0.29) is 39.6 Å². The van der Waals surface area contributed by atoms with E-state index in [1.165, 1.54) is 462 Å². The smallest absolute Gasteiger partial charge is 0.102 e. The van der Waals surface area contributed by atoms with Gasteiger partial charge < -0.3 is 63.3 Å². The molecule has 0 amide bonds. The molecule has 13 nitrogen and oxygen atoms in total. The summed E-state index contributed by atoms with van der Waals surface area (Å²) in [5, 5.41) is 57.9. The lowest BCUT2D eigenvalue weighted by atomic mass is 10.0. The van der Waals surface area contributed by atoms with E-state index in [0.29, 0.717) is 0 Å². The standard InChI is InChI=1S/3C32H68NO2.H3O4P/c3*1-3-5-7-9-11-12-13-14-15-16-17-18-19-20-21-22-24-26-28-33(29-31-34,30-32-35)27-25-23-10-8-6-4-2;1-5(2,3)4/h3*34-35H,3-32H2,1-2H3;(H3,1,2,3,4)/q3*+1;/p-3. The lowest BCUT2D eigenvalue weighted by Crippen LogP contribution is -2.52. The van der Waals surface area contributed by atoms with Gasteiger partial charge in [-0.2, -0.15) is 7.82 Å². The Balaban J connectivity index is -0.000000741. The Labute approximate surface area is 689 Å². The van der Waals surface area contributed by atoms with Gasteiger partial charge in [0, 0.05) is 0 Å². The first kappa shape index (κ1) is 116. The summed E-state index contributed by atoms with van der Waals surface area (Å²) in [5.41, 5.74) is 0. The van der Waals surface area contributed by atoms with Crippen molar-refractivity contribution in [1.82, 2.24) is 0 Å². The van der Waals surface area contributed by atoms with Gasteiger partial charge >= 0.3 is 0 Å². The maximum Gasteiger partial charge on any atom is 0.102 e. The van der Waals surface area contributed by atoms with E-state index in [4.69, 9.17) is 19.2 Å². The van der Waals surface area contributed by atoms with E-state index in [1.807, 2.05) is 0 Å². The third kappa shape index (κ3) is 94.9. The maximum absolute atomic E-state index is 9.66. The molecule has 0 aliphatic carbocycles. The number of aliphatic hydroxyl groups excluding tert-OH is 6. The Morgan fingerprint density at radius 3 is 0.300 bits per heavy atom. The predicted molar refractivity (Wildman–Crippen MR) is 476 cm³/mol. The van der Waals surface area contributed by atoms with Crippen molar-refractivity contribution in [3.05, 3.63) is 0 Å². The van der Waals surface area contributed by atoms with E-state index in [0.717, 1.165) is 92.0 Å². The van der Waals surface area contributed by atoms with E-state index < -0.39 is 7.82 Å². The van der Waals surface area contributed by atoms with E-state index in [2.05, 4.69) is 41.5 Å². The van der Waals surface area contributed by atoms with Crippen LogP contribution in [-0.2, 0) is 4.57 Å². The molecule has 0 aromatic heterocycles. The minimum absolute atomic E-state index is 0.245. The molecule has 0 spiro atoms. The summed E-state index contributed by atoms with van der Waals surface area (Å²) in [6.07, 6.45) is 99.9. The highest BCUT2D eigenvalue weighted by Crippen LogP contribution is 2.23. The summed E-state index contributed by atoms with van der Waals surface area (Å²) in [7, 11) is -5.39. The van der Waals surface area contributed by atoms with Gasteiger partial charge in [-0.1, -0.05) is 427 Å². The minimum atomic E-state index is -5.39. The number of quaternary nitrogens is 3. The molecule has 0 bridgehead atoms. The van der Waals surface area contributed by atoms with Crippen LogP contribution in [-0.4, -0.2) is 162 Å². The van der Waals surface area contributed by atoms with Crippen LogP contribution < -0.4 is 14.7 Å². The monoisotopic (exact) mass is 1590 g/mol. The fourth-order valence-electron chi connectivity index (χ4n) is 17.0. The van der Waals surface area contributed by atoms with Crippen LogP contribution in [0.5, 0.6) is 0 Å². The molecule has 0 aromatic rings. The van der Waals surface area contributed by atoms with Crippen molar-refractivity contribution in [1.29, 1.82) is 0 Å². The number of hydrogen-bond acceptors (Lipinski definition) is 10. The first-order chi connectivity index (χ1) is 53.7. The first-order valence-corrected chi connectivity index (χ1v) is 51.1. The molecular formula is C96H204N3O10P. The summed E-state index contributed by atoms with van der Waals surface area (Å²) < 4.78 is 11.3. The Kier molecular flexibility index (Phi) is 103. The maximum atomic E-state index is 9.66. The van der Waals surface area contributed by atoms with Crippen LogP contribution in [0.25, 0.3) is 0 Å². The lowest BCUT2D eigenvalue weighted by molar-refractivity contribution is -0.929. The number of hydrogen-bond donors (Lipinski definition) is 6. The van der Waals surface area contributed by atoms with Crippen LogP contribution in [0, 0.1) is 0 Å². The van der Waals surface area contributed by atoms with Gasteiger partial charge in [0.25, 0.3) is 0 Å². The average molecular weight is 1590 g/mol. The molecule has 6 N–H and O–H groups in total. The molecule has 0 aliphatic heterocycles. The molecule has 0 radical (unpaired) electrons. The second-order valence-electron chi connectivity index (χ2n) is 34.8. The highest BCUT2D eigenvalue weighted by atomic mass is 31.2. The van der Waals surface area contributed by atoms with Crippen molar-refractivity contribution in [2.24, 2.45) is 0 Å². The Morgan fingerprint density at radius 1 is 0.155 bits per heavy atom. The summed E-state index contributed by atoms with van der Waals surface area (Å²) in [6, 6.07) is 0. The average Bonchev–Trinajstić information content (AvgIpc) is 0.891. The van der Waals surface area contributed by atoms with Gasteiger partial charge in [0.1, 0.15) is 39.3 Å². The quantitative estimate of drug-likeness (QED) is 0.0193. The van der Waals surface area contributed by atoms with Crippen LogP contribution in [0.4, 0.5) is 0 Å². The highest BCUT2D eigenvalue weighted by Gasteiger charge is 2.28. The molecule has 0 atom stereocenters. The van der Waals surface area contributed by atoms with Gasteiger partial charge in [0.05, 0.1) is 78.9 Å². The predicted octanol–water partition coefficient (Wildman–Crippen LogP) is 24.7. The SMILES string of the molecule is CCCCCCCCCCCCCCCCCCCC[N+](CCO)(CCO)CCCCCCCC.CCCCCCCCCCCCCCCCCCCC[N+](CCO)(CCO)CCCCCCCC.CCCCCCCCCCCCCCCCCCCC[N+](CCO)(CCO)CCCCCCCC.O=P([O-])([O-])[O-]. The highest BCUT2D eigenvalue weighted by molar-refractivity contribution is 7.40. The van der Waals surface area contributed by atoms with Crippen molar-refractivity contribution >= 4 is 7.82 Å². The van der Waals surface area contributed by atoms with Crippen molar-refractivity contribution in [3.8, 4) is 0 Å². The molecule has 110 heavy (non-hydrogen) atoms. The van der Waals surface area contributed by atoms with Gasteiger partial charge in [-0.25, -0.2) is 0 Å². The van der Waals surface area contributed by atoms with Crippen molar-refractivity contribution in [2.45, 2.75) is 504 Å². The van der Waals surface area contributed by atoms with Crippen LogP contribution >= 0.6 is 7.82 Å². The van der Waals surface area contributed by atoms with Gasteiger partial charge in [-0.3, -0.25) is 0 Å². The van der Waals surface area contributed by atoms with E-state index in [1.54, 1.807) is 0 Å². The topological polar surface area (TPSA) is 208 Å². The Bertz CT molecular complexity index is 1480. The third-order valence-corrected chi connectivity index (χ3v) is 24.4. The molecule has 14 heteroatoms. The van der Waals surface area contributed by atoms with Gasteiger partial charge in [0.2, 0.25) is 0 Å². The molecule has 668 valence electrons. The minimum Gasteiger partial charge on any atom is -0.822 e. The number of phosphoric acid groups is 1. The third-order valence-electron chi connectivity index (χ3n) is 24.4. The van der Waals surface area contributed by atoms with Crippen molar-refractivity contribution < 1.29 is 63.3 Å². The number of aliphatic hydroxyl groups is 6. The molecule has 0 unspecified atom stereocenters. The number of rotatable bonds is 90. The fraction of sp³-hybridized carbons (Fsp3) is 1.00. The normalized spacial score (nSPS) is 12.0. The second kappa shape index (κ2) is 97.6. The largest absolute Gasteiger partial charge is 0.822 e. The molecular weight excluding hydrogens is 1390 g/mol. The summed E-state index contributed by atoms with van der Waals surface area (Å²) in [5.74, 6) is 0. The summed E-state index contributed by atoms with van der Waals surface area (Å²) >= 11 is 0. The molecule has 0 aromatic carbocycles. The van der Waals surface area contributed by atoms with Crippen LogP contribution in [0.2, 0.25) is 0 Å².